The molecular formula is C5H7N2Y-. The van der Waals surface area contributed by atoms with Crippen molar-refractivity contribution in [2.24, 2.45) is 0 Å². The van der Waals surface area contributed by atoms with Crippen LogP contribution in [0.2, 0.25) is 0 Å². The minimum atomic E-state index is 0. The maximum Gasteiger partial charge on any atom is 0.0451 e. The van der Waals surface area contributed by atoms with E-state index in [0.717, 1.165) is 0 Å². The van der Waals surface area contributed by atoms with Crippen LogP contribution in [0.3, 0.4) is 0 Å². The Morgan fingerprint density at radius 1 is 0.750 bits per heavy atom. The van der Waals surface area contributed by atoms with Crippen LogP contribution in [0.25, 0.3) is 0 Å². The molecule has 0 aliphatic heterocycles. The van der Waals surface area contributed by atoms with E-state index in [9.17, 15) is 0 Å². The first-order chi connectivity index (χ1) is 3.00. The Morgan fingerprint density at radius 3 is 1.12 bits per heavy atom. The Hall–Kier alpha value is 0.184. The van der Waals surface area contributed by atoms with Crippen molar-refractivity contribution in [2.75, 3.05) is 0 Å². The fourth-order valence-electron chi connectivity index (χ4n) is 0.253. The summed E-state index contributed by atoms with van der Waals surface area (Å²) in [5.41, 5.74) is 0. The van der Waals surface area contributed by atoms with E-state index in [0.29, 0.717) is 0 Å². The molecule has 1 radical (unpaired) electrons. The fraction of sp³-hybridized carbons (Fsp3) is 0. The molecule has 41 valence electrons. The quantitative estimate of drug-likeness (QED) is 0.560. The summed E-state index contributed by atoms with van der Waals surface area (Å²) in [5, 5.41) is 0. The molecule has 0 saturated carbocycles. The van der Waals surface area contributed by atoms with Crippen LogP contribution in [-0.2, 0) is 32.7 Å². The summed E-state index contributed by atoms with van der Waals surface area (Å²) in [6, 6.07) is 0. The van der Waals surface area contributed by atoms with Gasteiger partial charge in [-0.3, -0.25) is 9.97 Å². The van der Waals surface area contributed by atoms with E-state index < -0.39 is 0 Å². The molecular weight excluding hydrogens is 177 g/mol. The monoisotopic (exact) mass is 184 g/mol. The Labute approximate surface area is 74.6 Å². The Balaban J connectivity index is 0. The van der Waals surface area contributed by atoms with Gasteiger partial charge in [0.25, 0.3) is 0 Å². The zero-order chi connectivity index (χ0) is 4.24. The van der Waals surface area contributed by atoms with Crippen molar-refractivity contribution in [1.29, 1.82) is 0 Å². The summed E-state index contributed by atoms with van der Waals surface area (Å²) in [6.07, 6.45) is 6.56. The van der Waals surface area contributed by atoms with Crippen LogP contribution in [0, 0.1) is 7.43 Å². The summed E-state index contributed by atoms with van der Waals surface area (Å²) in [4.78, 5) is 7.44. The van der Waals surface area contributed by atoms with E-state index in [2.05, 4.69) is 9.97 Å². The van der Waals surface area contributed by atoms with E-state index >= 15 is 0 Å². The predicted molar refractivity (Wildman–Crippen MR) is 28.4 cm³/mol. The standard InChI is InChI=1S/C4H4N2.CH3.Y/c1-2-6-4-3-5-1;;/h1-4H;1H3;/q;-1;. The molecule has 1 rings (SSSR count). The van der Waals surface area contributed by atoms with Gasteiger partial charge in [-0.15, -0.1) is 0 Å². The molecule has 3 heteroatoms. The summed E-state index contributed by atoms with van der Waals surface area (Å²) in [6.45, 7) is 0. The van der Waals surface area contributed by atoms with E-state index in [1.165, 1.54) is 0 Å². The summed E-state index contributed by atoms with van der Waals surface area (Å²) in [5.74, 6) is 0. The molecule has 0 amide bonds. The molecule has 0 aliphatic rings. The average molecular weight is 184 g/mol. The molecule has 0 spiro atoms. The largest absolute Gasteiger partial charge is 0.358 e. The molecule has 0 saturated heterocycles. The van der Waals surface area contributed by atoms with Gasteiger partial charge in [0.15, 0.2) is 0 Å². The predicted octanol–water partition coefficient (Wildman–Crippen LogP) is 0.924. The number of hydrogen-bond acceptors (Lipinski definition) is 2. The van der Waals surface area contributed by atoms with Crippen molar-refractivity contribution >= 4 is 0 Å². The second-order valence-corrected chi connectivity index (χ2v) is 0.894. The fourth-order valence-corrected chi connectivity index (χ4v) is 0.253. The number of hydrogen-bond donors (Lipinski definition) is 0. The first-order valence-electron chi connectivity index (χ1n) is 1.70. The zero-order valence-corrected chi connectivity index (χ0v) is 7.62. The van der Waals surface area contributed by atoms with Crippen molar-refractivity contribution in [3.8, 4) is 0 Å². The van der Waals surface area contributed by atoms with E-state index in [-0.39, 0.29) is 40.1 Å². The van der Waals surface area contributed by atoms with Gasteiger partial charge in [0.2, 0.25) is 0 Å². The van der Waals surface area contributed by atoms with Crippen molar-refractivity contribution in [3.63, 3.8) is 0 Å². The Bertz CT molecular complexity index is 82.4. The van der Waals surface area contributed by atoms with Gasteiger partial charge in [-0.1, -0.05) is 0 Å². The van der Waals surface area contributed by atoms with Crippen LogP contribution in [0.4, 0.5) is 0 Å². The van der Waals surface area contributed by atoms with Crippen molar-refractivity contribution < 1.29 is 32.7 Å². The normalized spacial score (nSPS) is 6.00. The molecule has 0 fully saturated rings. The molecule has 0 bridgehead atoms. The minimum Gasteiger partial charge on any atom is -0.358 e. The van der Waals surface area contributed by atoms with Crippen molar-refractivity contribution in [2.45, 2.75) is 0 Å². The van der Waals surface area contributed by atoms with Gasteiger partial charge in [-0.25, -0.2) is 0 Å². The zero-order valence-electron chi connectivity index (χ0n) is 4.78. The minimum absolute atomic E-state index is 0. The number of rotatable bonds is 0. The van der Waals surface area contributed by atoms with Gasteiger partial charge in [-0.2, -0.15) is 0 Å². The molecule has 0 N–H and O–H groups in total. The second-order valence-electron chi connectivity index (χ2n) is 0.894. The van der Waals surface area contributed by atoms with Gasteiger partial charge in [0.1, 0.15) is 0 Å². The molecule has 0 atom stereocenters. The topological polar surface area (TPSA) is 25.8 Å². The first-order valence-corrected chi connectivity index (χ1v) is 1.70. The first kappa shape index (κ1) is 11.0. The van der Waals surface area contributed by atoms with Gasteiger partial charge in [-0.05, 0) is 0 Å². The Morgan fingerprint density at radius 2 is 1.00 bits per heavy atom. The molecule has 1 aromatic heterocycles. The molecule has 0 unspecified atom stereocenters. The third-order valence-corrected chi connectivity index (χ3v) is 0.478. The van der Waals surface area contributed by atoms with Gasteiger partial charge in [0, 0.05) is 57.5 Å². The van der Waals surface area contributed by atoms with Gasteiger partial charge < -0.3 is 7.43 Å². The maximum absolute atomic E-state index is 3.72. The van der Waals surface area contributed by atoms with E-state index in [1.807, 2.05) is 0 Å². The van der Waals surface area contributed by atoms with Crippen molar-refractivity contribution in [1.82, 2.24) is 9.97 Å². The smallest absolute Gasteiger partial charge is 0.0451 e. The van der Waals surface area contributed by atoms with Gasteiger partial charge in [0.05, 0.1) is 0 Å². The maximum atomic E-state index is 3.72. The van der Waals surface area contributed by atoms with E-state index in [1.54, 1.807) is 24.8 Å². The average Bonchev–Trinajstić information content (AvgIpc) is 1.72. The van der Waals surface area contributed by atoms with Crippen LogP contribution in [-0.4, -0.2) is 9.97 Å². The van der Waals surface area contributed by atoms with Gasteiger partial charge >= 0.3 is 0 Å². The SMILES string of the molecule is [CH3-].[Y].c1cnccn1. The molecule has 8 heavy (non-hydrogen) atoms. The summed E-state index contributed by atoms with van der Waals surface area (Å²) < 4.78 is 0. The number of aromatic nitrogens is 2. The third-order valence-electron chi connectivity index (χ3n) is 0.478. The molecule has 1 aromatic rings. The number of nitrogens with zero attached hydrogens (tertiary/aromatic N) is 2. The molecule has 1 heterocycles. The second kappa shape index (κ2) is 7.18. The molecule has 0 aliphatic carbocycles. The third kappa shape index (κ3) is 4.35. The summed E-state index contributed by atoms with van der Waals surface area (Å²) >= 11 is 0. The Kier molecular flexibility index (Phi) is 9.92. The van der Waals surface area contributed by atoms with Crippen molar-refractivity contribution in [3.05, 3.63) is 32.2 Å². The van der Waals surface area contributed by atoms with E-state index in [4.69, 9.17) is 0 Å². The van der Waals surface area contributed by atoms with Crippen LogP contribution in [0.1, 0.15) is 0 Å². The van der Waals surface area contributed by atoms with Crippen LogP contribution < -0.4 is 0 Å². The summed E-state index contributed by atoms with van der Waals surface area (Å²) in [7, 11) is 0. The van der Waals surface area contributed by atoms with Crippen LogP contribution >= 0.6 is 0 Å². The molecule has 0 aromatic carbocycles. The molecule has 2 nitrogen and oxygen atoms in total. The van der Waals surface area contributed by atoms with Crippen LogP contribution in [0.5, 0.6) is 0 Å². The van der Waals surface area contributed by atoms with Crippen LogP contribution in [0.15, 0.2) is 24.8 Å².